The summed E-state index contributed by atoms with van der Waals surface area (Å²) in [6.07, 6.45) is 7.90. The second-order valence-electron chi connectivity index (χ2n) is 6.29. The number of likely N-dealkylation sites (tertiary alicyclic amines) is 1. The minimum absolute atomic E-state index is 0.0898. The molecular formula is C16H29N3O2. The average molecular weight is 295 g/mol. The van der Waals surface area contributed by atoms with Gasteiger partial charge in [-0.2, -0.15) is 0 Å². The molecule has 2 rings (SSSR count). The summed E-state index contributed by atoms with van der Waals surface area (Å²) in [4.78, 5) is 25.7. The first-order valence-corrected chi connectivity index (χ1v) is 8.51. The minimum atomic E-state index is 0.0898. The number of amides is 2. The van der Waals surface area contributed by atoms with E-state index < -0.39 is 0 Å². The maximum absolute atomic E-state index is 12.0. The Labute approximate surface area is 127 Å². The fraction of sp³-hybridized carbons (Fsp3) is 0.875. The summed E-state index contributed by atoms with van der Waals surface area (Å²) in [5, 5.41) is 6.26. The topological polar surface area (TPSA) is 61.4 Å². The van der Waals surface area contributed by atoms with Gasteiger partial charge in [-0.05, 0) is 57.5 Å². The molecule has 0 aliphatic carbocycles. The van der Waals surface area contributed by atoms with Crippen LogP contribution in [0.5, 0.6) is 0 Å². The van der Waals surface area contributed by atoms with Gasteiger partial charge in [0.2, 0.25) is 11.8 Å². The van der Waals surface area contributed by atoms with E-state index in [0.717, 1.165) is 45.4 Å². The average Bonchev–Trinajstić information content (AvgIpc) is 2.54. The summed E-state index contributed by atoms with van der Waals surface area (Å²) in [5.41, 5.74) is 0. The second-order valence-corrected chi connectivity index (χ2v) is 6.29. The van der Waals surface area contributed by atoms with E-state index in [9.17, 15) is 9.59 Å². The molecule has 0 spiro atoms. The van der Waals surface area contributed by atoms with Crippen molar-refractivity contribution in [1.82, 2.24) is 15.5 Å². The molecule has 2 saturated heterocycles. The Hall–Kier alpha value is -1.10. The lowest BCUT2D eigenvalue weighted by molar-refractivity contribution is -0.132. The molecule has 2 heterocycles. The molecular weight excluding hydrogens is 266 g/mol. The highest BCUT2D eigenvalue weighted by molar-refractivity contribution is 5.79. The molecule has 0 aromatic heterocycles. The van der Waals surface area contributed by atoms with Crippen LogP contribution < -0.4 is 10.6 Å². The van der Waals surface area contributed by atoms with Crippen LogP contribution in [0.4, 0.5) is 0 Å². The lowest BCUT2D eigenvalue weighted by atomic mass is 9.94. The van der Waals surface area contributed by atoms with Crippen molar-refractivity contribution in [3.63, 3.8) is 0 Å². The molecule has 2 N–H and O–H groups in total. The van der Waals surface area contributed by atoms with Crippen LogP contribution in [0.25, 0.3) is 0 Å². The summed E-state index contributed by atoms with van der Waals surface area (Å²) in [7, 11) is 0. The molecule has 2 aliphatic heterocycles. The molecule has 2 aliphatic rings. The maximum atomic E-state index is 12.0. The number of nitrogens with zero attached hydrogens (tertiary/aromatic N) is 1. The van der Waals surface area contributed by atoms with Crippen LogP contribution in [-0.2, 0) is 9.59 Å². The molecule has 21 heavy (non-hydrogen) atoms. The highest BCUT2D eigenvalue weighted by Crippen LogP contribution is 2.15. The molecule has 0 saturated carbocycles. The third kappa shape index (κ3) is 6.04. The predicted octanol–water partition coefficient (Wildman–Crippen LogP) is 1.29. The normalized spacial score (nSPS) is 22.9. The predicted molar refractivity (Wildman–Crippen MR) is 82.9 cm³/mol. The van der Waals surface area contributed by atoms with Gasteiger partial charge in [-0.3, -0.25) is 9.59 Å². The van der Waals surface area contributed by atoms with Gasteiger partial charge >= 0.3 is 0 Å². The number of nitrogens with one attached hydrogen (secondary N) is 2. The van der Waals surface area contributed by atoms with E-state index in [0.29, 0.717) is 25.3 Å². The van der Waals surface area contributed by atoms with Gasteiger partial charge in [0.1, 0.15) is 0 Å². The van der Waals surface area contributed by atoms with Crippen LogP contribution in [0.3, 0.4) is 0 Å². The summed E-state index contributed by atoms with van der Waals surface area (Å²) in [5.74, 6) is 0.915. The van der Waals surface area contributed by atoms with E-state index in [-0.39, 0.29) is 11.8 Å². The van der Waals surface area contributed by atoms with Crippen molar-refractivity contribution in [2.24, 2.45) is 5.92 Å². The van der Waals surface area contributed by atoms with Crippen molar-refractivity contribution in [3.8, 4) is 0 Å². The fourth-order valence-electron chi connectivity index (χ4n) is 3.20. The van der Waals surface area contributed by atoms with E-state index in [2.05, 4.69) is 10.6 Å². The smallest absolute Gasteiger partial charge is 0.224 e. The molecule has 5 nitrogen and oxygen atoms in total. The highest BCUT2D eigenvalue weighted by Gasteiger charge is 2.17. The number of hydrogen-bond acceptors (Lipinski definition) is 3. The van der Waals surface area contributed by atoms with Crippen LogP contribution in [0.1, 0.15) is 51.4 Å². The maximum Gasteiger partial charge on any atom is 0.224 e. The molecule has 0 radical (unpaired) electrons. The van der Waals surface area contributed by atoms with E-state index in [1.807, 2.05) is 4.90 Å². The molecule has 2 fully saturated rings. The monoisotopic (exact) mass is 295 g/mol. The number of hydrogen-bond donors (Lipinski definition) is 2. The van der Waals surface area contributed by atoms with Crippen molar-refractivity contribution >= 4 is 11.8 Å². The van der Waals surface area contributed by atoms with Crippen LogP contribution in [0, 0.1) is 5.92 Å². The summed E-state index contributed by atoms with van der Waals surface area (Å²) < 4.78 is 0. The summed E-state index contributed by atoms with van der Waals surface area (Å²) >= 11 is 0. The molecule has 120 valence electrons. The van der Waals surface area contributed by atoms with Crippen LogP contribution in [0.2, 0.25) is 0 Å². The Morgan fingerprint density at radius 1 is 1.10 bits per heavy atom. The van der Waals surface area contributed by atoms with Gasteiger partial charge in [-0.1, -0.05) is 0 Å². The zero-order valence-electron chi connectivity index (χ0n) is 13.0. The van der Waals surface area contributed by atoms with Crippen LogP contribution >= 0.6 is 0 Å². The standard InChI is InChI=1S/C16H29N3O2/c20-15(7-6-14-5-4-9-17-13-14)18-10-8-16(21)19-11-2-1-3-12-19/h14,17H,1-13H2,(H,18,20). The van der Waals surface area contributed by atoms with Crippen molar-refractivity contribution in [2.75, 3.05) is 32.7 Å². The Bertz CT molecular complexity index is 334. The van der Waals surface area contributed by atoms with Gasteiger partial charge in [-0.15, -0.1) is 0 Å². The number of piperidine rings is 2. The Kier molecular flexibility index (Phi) is 7.00. The van der Waals surface area contributed by atoms with Gasteiger partial charge in [0.25, 0.3) is 0 Å². The fourth-order valence-corrected chi connectivity index (χ4v) is 3.20. The lowest BCUT2D eigenvalue weighted by Crippen LogP contribution is -2.38. The van der Waals surface area contributed by atoms with Crippen LogP contribution in [-0.4, -0.2) is 49.4 Å². The van der Waals surface area contributed by atoms with E-state index in [1.54, 1.807) is 0 Å². The van der Waals surface area contributed by atoms with Gasteiger partial charge in [0.15, 0.2) is 0 Å². The molecule has 2 amide bonds. The largest absolute Gasteiger partial charge is 0.356 e. The number of carbonyl (C=O) groups excluding carboxylic acids is 2. The third-order valence-corrected chi connectivity index (χ3v) is 4.55. The van der Waals surface area contributed by atoms with Crippen molar-refractivity contribution < 1.29 is 9.59 Å². The lowest BCUT2D eigenvalue weighted by Gasteiger charge is -2.26. The summed E-state index contributed by atoms with van der Waals surface area (Å²) in [6.45, 7) is 4.42. The van der Waals surface area contributed by atoms with Crippen molar-refractivity contribution in [3.05, 3.63) is 0 Å². The first-order valence-electron chi connectivity index (χ1n) is 8.51. The van der Waals surface area contributed by atoms with Gasteiger partial charge in [0, 0.05) is 32.5 Å². The van der Waals surface area contributed by atoms with Gasteiger partial charge < -0.3 is 15.5 Å². The number of rotatable bonds is 6. The quantitative estimate of drug-likeness (QED) is 0.776. The zero-order valence-corrected chi connectivity index (χ0v) is 13.0. The zero-order chi connectivity index (χ0) is 14.9. The molecule has 1 unspecified atom stereocenters. The first-order chi connectivity index (χ1) is 10.3. The summed E-state index contributed by atoms with van der Waals surface area (Å²) in [6, 6.07) is 0. The second kappa shape index (κ2) is 9.03. The Morgan fingerprint density at radius 3 is 2.62 bits per heavy atom. The van der Waals surface area contributed by atoms with Crippen molar-refractivity contribution in [1.29, 1.82) is 0 Å². The molecule has 1 atom stereocenters. The highest BCUT2D eigenvalue weighted by atomic mass is 16.2. The van der Waals surface area contributed by atoms with E-state index in [4.69, 9.17) is 0 Å². The molecule has 0 aromatic carbocycles. The van der Waals surface area contributed by atoms with Gasteiger partial charge in [0.05, 0.1) is 0 Å². The minimum Gasteiger partial charge on any atom is -0.356 e. The molecule has 0 bridgehead atoms. The van der Waals surface area contributed by atoms with E-state index >= 15 is 0 Å². The van der Waals surface area contributed by atoms with Gasteiger partial charge in [-0.25, -0.2) is 0 Å². The Morgan fingerprint density at radius 2 is 1.90 bits per heavy atom. The molecule has 5 heteroatoms. The van der Waals surface area contributed by atoms with Crippen LogP contribution in [0.15, 0.2) is 0 Å². The Balaban J connectivity index is 1.52. The van der Waals surface area contributed by atoms with E-state index in [1.165, 1.54) is 19.3 Å². The first kappa shape index (κ1) is 16.3. The number of carbonyl (C=O) groups is 2. The van der Waals surface area contributed by atoms with Crippen molar-refractivity contribution in [2.45, 2.75) is 51.4 Å². The SMILES string of the molecule is O=C(CCC1CCCNC1)NCCC(=O)N1CCCCC1. The molecule has 0 aromatic rings. The third-order valence-electron chi connectivity index (χ3n) is 4.55.